The van der Waals surface area contributed by atoms with Gasteiger partial charge in [0.25, 0.3) is 5.91 Å². The number of carbonyl (C=O) groups is 1. The highest BCUT2D eigenvalue weighted by molar-refractivity contribution is 5.97. The number of aromatic nitrogens is 2. The molecule has 0 saturated heterocycles. The van der Waals surface area contributed by atoms with Gasteiger partial charge < -0.3 is 10.6 Å². The van der Waals surface area contributed by atoms with Gasteiger partial charge in [0.1, 0.15) is 0 Å². The van der Waals surface area contributed by atoms with Crippen LogP contribution in [0.4, 0.5) is 0 Å². The van der Waals surface area contributed by atoms with Gasteiger partial charge in [-0.1, -0.05) is 36.4 Å². The molecule has 2 heterocycles. The van der Waals surface area contributed by atoms with E-state index in [0.717, 1.165) is 24.2 Å². The van der Waals surface area contributed by atoms with Crippen molar-refractivity contribution >= 4 is 5.91 Å². The van der Waals surface area contributed by atoms with Crippen LogP contribution in [0, 0.1) is 0 Å². The lowest BCUT2D eigenvalue weighted by atomic mass is 9.99. The van der Waals surface area contributed by atoms with E-state index < -0.39 is 0 Å². The van der Waals surface area contributed by atoms with E-state index in [2.05, 4.69) is 23.3 Å². The Bertz CT molecular complexity index is 915. The van der Waals surface area contributed by atoms with E-state index in [-0.39, 0.29) is 5.91 Å². The molecule has 0 radical (unpaired) electrons. The molecule has 0 spiro atoms. The van der Waals surface area contributed by atoms with Crippen molar-refractivity contribution in [3.63, 3.8) is 0 Å². The van der Waals surface area contributed by atoms with Gasteiger partial charge in [0.2, 0.25) is 0 Å². The molecule has 0 bridgehead atoms. The summed E-state index contributed by atoms with van der Waals surface area (Å²) in [6.07, 6.45) is 4.50. The van der Waals surface area contributed by atoms with Crippen molar-refractivity contribution in [1.82, 2.24) is 14.7 Å². The molecule has 1 aliphatic rings. The van der Waals surface area contributed by atoms with E-state index in [1.807, 2.05) is 41.4 Å². The summed E-state index contributed by atoms with van der Waals surface area (Å²) < 4.78 is 1.73. The SMILES string of the molecule is NCc1cnn(-c2ccccc2C(=O)N2CCc3ccccc3C2)c1. The smallest absolute Gasteiger partial charge is 0.256 e. The third-order valence-corrected chi connectivity index (χ3v) is 4.67. The maximum absolute atomic E-state index is 13.1. The van der Waals surface area contributed by atoms with Crippen molar-refractivity contribution in [2.24, 2.45) is 5.73 Å². The number of carbonyl (C=O) groups excluding carboxylic acids is 1. The van der Waals surface area contributed by atoms with Gasteiger partial charge >= 0.3 is 0 Å². The van der Waals surface area contributed by atoms with Crippen LogP contribution in [0.3, 0.4) is 0 Å². The lowest BCUT2D eigenvalue weighted by Gasteiger charge is -2.29. The molecule has 2 aromatic carbocycles. The summed E-state index contributed by atoms with van der Waals surface area (Å²) in [5, 5.41) is 4.35. The number of hydrogen-bond donors (Lipinski definition) is 1. The molecule has 2 N–H and O–H groups in total. The minimum atomic E-state index is 0.0369. The lowest BCUT2D eigenvalue weighted by Crippen LogP contribution is -2.36. The van der Waals surface area contributed by atoms with Gasteiger partial charge in [-0.15, -0.1) is 0 Å². The van der Waals surface area contributed by atoms with Gasteiger partial charge in [-0.2, -0.15) is 5.10 Å². The van der Waals surface area contributed by atoms with Crippen molar-refractivity contribution in [2.75, 3.05) is 6.54 Å². The van der Waals surface area contributed by atoms with Gasteiger partial charge in [-0.25, -0.2) is 4.68 Å². The summed E-state index contributed by atoms with van der Waals surface area (Å²) in [6.45, 7) is 1.81. The van der Waals surface area contributed by atoms with Crippen LogP contribution in [0.15, 0.2) is 60.9 Å². The number of fused-ring (bicyclic) bond motifs is 1. The Morgan fingerprint density at radius 2 is 1.84 bits per heavy atom. The van der Waals surface area contributed by atoms with Crippen molar-refractivity contribution < 1.29 is 4.79 Å². The fourth-order valence-corrected chi connectivity index (χ4v) is 3.29. The summed E-state index contributed by atoms with van der Waals surface area (Å²) in [7, 11) is 0. The lowest BCUT2D eigenvalue weighted by molar-refractivity contribution is 0.0734. The molecule has 25 heavy (non-hydrogen) atoms. The molecule has 1 amide bonds. The number of benzene rings is 2. The van der Waals surface area contributed by atoms with Crippen LogP contribution < -0.4 is 5.73 Å². The van der Waals surface area contributed by atoms with Gasteiger partial charge in [-0.3, -0.25) is 4.79 Å². The molecular formula is C20H20N4O. The first-order chi connectivity index (χ1) is 12.3. The molecule has 0 fully saturated rings. The Morgan fingerprint density at radius 3 is 2.64 bits per heavy atom. The minimum Gasteiger partial charge on any atom is -0.334 e. The highest BCUT2D eigenvalue weighted by atomic mass is 16.2. The quantitative estimate of drug-likeness (QED) is 0.801. The highest BCUT2D eigenvalue weighted by Crippen LogP contribution is 2.23. The normalized spacial score (nSPS) is 13.6. The van der Waals surface area contributed by atoms with Crippen molar-refractivity contribution in [3.8, 4) is 5.69 Å². The Kier molecular flexibility index (Phi) is 4.07. The van der Waals surface area contributed by atoms with Crippen molar-refractivity contribution in [2.45, 2.75) is 19.5 Å². The second kappa shape index (κ2) is 6.53. The molecule has 0 unspecified atom stereocenters. The second-order valence-corrected chi connectivity index (χ2v) is 6.26. The largest absolute Gasteiger partial charge is 0.334 e. The average Bonchev–Trinajstić information content (AvgIpc) is 3.16. The summed E-state index contributed by atoms with van der Waals surface area (Å²) in [5.41, 5.74) is 10.6. The second-order valence-electron chi connectivity index (χ2n) is 6.26. The van der Waals surface area contributed by atoms with Crippen LogP contribution in [0.5, 0.6) is 0 Å². The van der Waals surface area contributed by atoms with Crippen LogP contribution in [-0.4, -0.2) is 27.1 Å². The van der Waals surface area contributed by atoms with Gasteiger partial charge in [0.05, 0.1) is 17.4 Å². The highest BCUT2D eigenvalue weighted by Gasteiger charge is 2.23. The third-order valence-electron chi connectivity index (χ3n) is 4.67. The Hall–Kier alpha value is -2.92. The predicted molar refractivity (Wildman–Crippen MR) is 96.3 cm³/mol. The van der Waals surface area contributed by atoms with Crippen LogP contribution in [0.2, 0.25) is 0 Å². The molecule has 3 aromatic rings. The van der Waals surface area contributed by atoms with Crippen LogP contribution in [-0.2, 0) is 19.5 Å². The number of amides is 1. The Morgan fingerprint density at radius 1 is 1.08 bits per heavy atom. The molecule has 0 aliphatic carbocycles. The standard InChI is InChI=1S/C20H20N4O/c21-11-15-12-22-24(13-15)19-8-4-3-7-18(19)20(25)23-10-9-16-5-1-2-6-17(16)14-23/h1-8,12-13H,9-11,14,21H2. The molecule has 0 saturated carbocycles. The first-order valence-corrected chi connectivity index (χ1v) is 8.45. The van der Waals surface area contributed by atoms with Gasteiger partial charge in [0.15, 0.2) is 0 Å². The fourth-order valence-electron chi connectivity index (χ4n) is 3.29. The van der Waals surface area contributed by atoms with Crippen LogP contribution in [0.25, 0.3) is 5.69 Å². The number of nitrogens with two attached hydrogens (primary N) is 1. The number of rotatable bonds is 3. The zero-order valence-electron chi connectivity index (χ0n) is 13.9. The Balaban J connectivity index is 1.65. The third kappa shape index (κ3) is 2.94. The molecule has 5 nitrogen and oxygen atoms in total. The van der Waals surface area contributed by atoms with E-state index >= 15 is 0 Å². The fraction of sp³-hybridized carbons (Fsp3) is 0.200. The molecule has 0 atom stereocenters. The maximum atomic E-state index is 13.1. The maximum Gasteiger partial charge on any atom is 0.256 e. The van der Waals surface area contributed by atoms with Crippen molar-refractivity contribution in [3.05, 3.63) is 83.2 Å². The average molecular weight is 332 g/mol. The molecule has 126 valence electrons. The first-order valence-electron chi connectivity index (χ1n) is 8.45. The number of para-hydroxylation sites is 1. The molecule has 1 aliphatic heterocycles. The monoisotopic (exact) mass is 332 g/mol. The summed E-state index contributed by atoms with van der Waals surface area (Å²) in [4.78, 5) is 15.1. The zero-order chi connectivity index (χ0) is 17.2. The topological polar surface area (TPSA) is 64.1 Å². The molecule has 5 heteroatoms. The van der Waals surface area contributed by atoms with E-state index in [9.17, 15) is 4.79 Å². The van der Waals surface area contributed by atoms with Crippen LogP contribution >= 0.6 is 0 Å². The van der Waals surface area contributed by atoms with E-state index in [0.29, 0.717) is 18.7 Å². The first kappa shape index (κ1) is 15.6. The molecule has 4 rings (SSSR count). The number of hydrogen-bond acceptors (Lipinski definition) is 3. The Labute approximate surface area is 146 Å². The van der Waals surface area contributed by atoms with E-state index in [4.69, 9.17) is 5.73 Å². The van der Waals surface area contributed by atoms with E-state index in [1.165, 1.54) is 11.1 Å². The van der Waals surface area contributed by atoms with Crippen LogP contribution in [0.1, 0.15) is 27.0 Å². The summed E-state index contributed by atoms with van der Waals surface area (Å²) >= 11 is 0. The molecular weight excluding hydrogens is 312 g/mol. The minimum absolute atomic E-state index is 0.0369. The number of nitrogens with zero attached hydrogens (tertiary/aromatic N) is 3. The summed E-state index contributed by atoms with van der Waals surface area (Å²) in [5.74, 6) is 0.0369. The zero-order valence-corrected chi connectivity index (χ0v) is 13.9. The predicted octanol–water partition coefficient (Wildman–Crippen LogP) is 2.53. The molecule has 1 aromatic heterocycles. The van der Waals surface area contributed by atoms with E-state index in [1.54, 1.807) is 10.9 Å². The van der Waals surface area contributed by atoms with Crippen molar-refractivity contribution in [1.29, 1.82) is 0 Å². The summed E-state index contributed by atoms with van der Waals surface area (Å²) in [6, 6.07) is 15.9. The van der Waals surface area contributed by atoms with Gasteiger partial charge in [0, 0.05) is 31.4 Å². The van der Waals surface area contributed by atoms with Gasteiger partial charge in [-0.05, 0) is 29.7 Å².